The summed E-state index contributed by atoms with van der Waals surface area (Å²) in [4.78, 5) is 31.5. The lowest BCUT2D eigenvalue weighted by molar-refractivity contribution is -0.127. The zero-order valence-corrected chi connectivity index (χ0v) is 22.5. The Bertz CT molecular complexity index is 1550. The second kappa shape index (κ2) is 11.8. The van der Waals surface area contributed by atoms with Gasteiger partial charge >= 0.3 is 0 Å². The summed E-state index contributed by atoms with van der Waals surface area (Å²) in [5, 5.41) is 17.6. The van der Waals surface area contributed by atoms with Gasteiger partial charge in [-0.25, -0.2) is 0 Å². The molecule has 3 aromatic carbocycles. The molecule has 196 valence electrons. The second-order valence-corrected chi connectivity index (χ2v) is 10.2. The summed E-state index contributed by atoms with van der Waals surface area (Å²) in [5.74, 6) is -0.171. The molecule has 1 unspecified atom stereocenters. The highest BCUT2D eigenvalue weighted by Gasteiger charge is 2.33. The van der Waals surface area contributed by atoms with Gasteiger partial charge in [0.25, 0.3) is 5.91 Å². The van der Waals surface area contributed by atoms with E-state index in [1.807, 2.05) is 110 Å². The number of benzene rings is 3. The Morgan fingerprint density at radius 2 is 1.72 bits per heavy atom. The first kappa shape index (κ1) is 26.0. The fourth-order valence-corrected chi connectivity index (χ4v) is 4.92. The molecular formula is C30H28N6O2S. The third-order valence-corrected chi connectivity index (χ3v) is 7.09. The van der Waals surface area contributed by atoms with Crippen LogP contribution in [0.5, 0.6) is 0 Å². The SMILES string of the molecule is Cc1ccc(C(C(=O)NCc2ccccc2)N(C(=O)Cn2nnc(-c3cccs3)n2)c2cccc(C)c2)cc1. The van der Waals surface area contributed by atoms with Crippen molar-refractivity contribution >= 4 is 28.8 Å². The standard InChI is InChI=1S/C30H28N6O2S/c1-21-13-15-24(16-14-21)28(30(38)31-19-23-9-4-3-5-10-23)36(25-11-6-8-22(2)18-25)27(37)20-35-33-29(32-34-35)26-12-7-17-39-26/h3-18,28H,19-20H2,1-2H3,(H,31,38). The largest absolute Gasteiger partial charge is 0.350 e. The van der Waals surface area contributed by atoms with E-state index in [9.17, 15) is 9.59 Å². The highest BCUT2D eigenvalue weighted by atomic mass is 32.1. The molecule has 0 aliphatic heterocycles. The number of amides is 2. The summed E-state index contributed by atoms with van der Waals surface area (Å²) in [5.41, 5.74) is 4.31. The van der Waals surface area contributed by atoms with Gasteiger partial charge in [-0.15, -0.1) is 21.5 Å². The fourth-order valence-electron chi connectivity index (χ4n) is 4.27. The minimum Gasteiger partial charge on any atom is -0.350 e. The molecule has 8 nitrogen and oxygen atoms in total. The zero-order valence-electron chi connectivity index (χ0n) is 21.7. The summed E-state index contributed by atoms with van der Waals surface area (Å²) >= 11 is 1.50. The molecule has 9 heteroatoms. The highest BCUT2D eigenvalue weighted by Crippen LogP contribution is 2.30. The van der Waals surface area contributed by atoms with Gasteiger partial charge in [-0.2, -0.15) is 4.80 Å². The van der Waals surface area contributed by atoms with Crippen molar-refractivity contribution in [1.29, 1.82) is 0 Å². The fraction of sp³-hybridized carbons (Fsp3) is 0.167. The van der Waals surface area contributed by atoms with Crippen LogP contribution in [0.1, 0.15) is 28.3 Å². The van der Waals surface area contributed by atoms with Crippen LogP contribution in [0.3, 0.4) is 0 Å². The lowest BCUT2D eigenvalue weighted by Gasteiger charge is -2.31. The number of rotatable bonds is 9. The molecule has 39 heavy (non-hydrogen) atoms. The quantitative estimate of drug-likeness (QED) is 0.283. The molecule has 0 bridgehead atoms. The molecule has 0 fully saturated rings. The van der Waals surface area contributed by atoms with E-state index in [2.05, 4.69) is 20.7 Å². The van der Waals surface area contributed by atoms with Crippen molar-refractivity contribution < 1.29 is 9.59 Å². The van der Waals surface area contributed by atoms with Gasteiger partial charge in [-0.3, -0.25) is 14.5 Å². The number of aryl methyl sites for hydroxylation is 2. The van der Waals surface area contributed by atoms with Crippen LogP contribution in [0.25, 0.3) is 10.7 Å². The number of thiophene rings is 1. The van der Waals surface area contributed by atoms with Gasteiger partial charge in [0.15, 0.2) is 0 Å². The molecule has 0 saturated carbocycles. The third-order valence-electron chi connectivity index (χ3n) is 6.23. The maximum Gasteiger partial charge on any atom is 0.251 e. The van der Waals surface area contributed by atoms with E-state index in [1.165, 1.54) is 21.0 Å². The Balaban J connectivity index is 1.50. The molecule has 2 heterocycles. The van der Waals surface area contributed by atoms with Crippen molar-refractivity contribution in [3.05, 3.63) is 119 Å². The minimum atomic E-state index is -0.913. The first-order valence-electron chi connectivity index (χ1n) is 12.6. The minimum absolute atomic E-state index is 0.180. The molecule has 5 rings (SSSR count). The molecule has 0 radical (unpaired) electrons. The molecule has 0 aliphatic carbocycles. The Morgan fingerprint density at radius 1 is 0.923 bits per heavy atom. The Morgan fingerprint density at radius 3 is 2.44 bits per heavy atom. The Hall–Kier alpha value is -4.63. The van der Waals surface area contributed by atoms with Gasteiger partial charge in [-0.05, 0) is 59.3 Å². The molecule has 0 spiro atoms. The summed E-state index contributed by atoms with van der Waals surface area (Å²) in [6.07, 6.45) is 0. The average molecular weight is 537 g/mol. The van der Waals surface area contributed by atoms with Gasteiger partial charge in [0.1, 0.15) is 12.6 Å². The number of hydrogen-bond donors (Lipinski definition) is 1. The number of hydrogen-bond acceptors (Lipinski definition) is 6. The summed E-state index contributed by atoms with van der Waals surface area (Å²) in [6, 6.07) is 27.8. The van der Waals surface area contributed by atoms with Crippen molar-refractivity contribution in [2.24, 2.45) is 0 Å². The van der Waals surface area contributed by atoms with Crippen LogP contribution >= 0.6 is 11.3 Å². The molecular weight excluding hydrogens is 508 g/mol. The molecule has 2 aromatic heterocycles. The molecule has 0 aliphatic rings. The van der Waals surface area contributed by atoms with E-state index in [0.29, 0.717) is 23.6 Å². The number of aromatic nitrogens is 4. The lowest BCUT2D eigenvalue weighted by Crippen LogP contribution is -2.45. The van der Waals surface area contributed by atoms with Crippen LogP contribution in [0, 0.1) is 13.8 Å². The maximum absolute atomic E-state index is 14.0. The molecule has 2 amide bonds. The monoisotopic (exact) mass is 536 g/mol. The lowest BCUT2D eigenvalue weighted by atomic mass is 10.0. The summed E-state index contributed by atoms with van der Waals surface area (Å²) < 4.78 is 0. The number of nitrogens with one attached hydrogen (secondary N) is 1. The predicted octanol–water partition coefficient (Wildman–Crippen LogP) is 5.11. The van der Waals surface area contributed by atoms with E-state index in [0.717, 1.165) is 21.6 Å². The van der Waals surface area contributed by atoms with E-state index >= 15 is 0 Å². The highest BCUT2D eigenvalue weighted by molar-refractivity contribution is 7.13. The first-order chi connectivity index (χ1) is 19.0. The van der Waals surface area contributed by atoms with Crippen LogP contribution in [-0.4, -0.2) is 32.0 Å². The van der Waals surface area contributed by atoms with Gasteiger partial charge in [0.2, 0.25) is 11.7 Å². The van der Waals surface area contributed by atoms with Gasteiger partial charge in [-0.1, -0.05) is 78.4 Å². The number of carbonyl (C=O) groups is 2. The smallest absolute Gasteiger partial charge is 0.251 e. The van der Waals surface area contributed by atoms with Crippen molar-refractivity contribution in [3.8, 4) is 10.7 Å². The number of anilines is 1. The molecule has 5 aromatic rings. The summed E-state index contributed by atoms with van der Waals surface area (Å²) in [7, 11) is 0. The van der Waals surface area contributed by atoms with Crippen LogP contribution in [0.4, 0.5) is 5.69 Å². The van der Waals surface area contributed by atoms with Crippen molar-refractivity contribution in [3.63, 3.8) is 0 Å². The molecule has 1 N–H and O–H groups in total. The number of nitrogens with zero attached hydrogens (tertiary/aromatic N) is 5. The van der Waals surface area contributed by atoms with E-state index in [-0.39, 0.29) is 18.4 Å². The van der Waals surface area contributed by atoms with Crippen molar-refractivity contribution in [2.45, 2.75) is 33.0 Å². The maximum atomic E-state index is 14.0. The van der Waals surface area contributed by atoms with Gasteiger partial charge in [0, 0.05) is 12.2 Å². The number of tetrazole rings is 1. The second-order valence-electron chi connectivity index (χ2n) is 9.24. The van der Waals surface area contributed by atoms with Crippen LogP contribution in [0.15, 0.2) is 96.4 Å². The van der Waals surface area contributed by atoms with E-state index in [4.69, 9.17) is 0 Å². The predicted molar refractivity (Wildman–Crippen MR) is 152 cm³/mol. The van der Waals surface area contributed by atoms with Gasteiger partial charge < -0.3 is 5.32 Å². The van der Waals surface area contributed by atoms with Crippen LogP contribution < -0.4 is 10.2 Å². The molecule has 0 saturated heterocycles. The zero-order chi connectivity index (χ0) is 27.2. The van der Waals surface area contributed by atoms with Crippen molar-refractivity contribution in [2.75, 3.05) is 4.90 Å². The van der Waals surface area contributed by atoms with E-state index < -0.39 is 6.04 Å². The van der Waals surface area contributed by atoms with Crippen molar-refractivity contribution in [1.82, 2.24) is 25.5 Å². The number of carbonyl (C=O) groups excluding carboxylic acids is 2. The average Bonchev–Trinajstić information content (AvgIpc) is 3.64. The molecule has 1 atom stereocenters. The third kappa shape index (κ3) is 6.27. The van der Waals surface area contributed by atoms with Crippen LogP contribution in [-0.2, 0) is 22.7 Å². The Labute approximate surface area is 230 Å². The van der Waals surface area contributed by atoms with Gasteiger partial charge in [0.05, 0.1) is 4.88 Å². The normalized spacial score (nSPS) is 11.6. The summed E-state index contributed by atoms with van der Waals surface area (Å²) in [6.45, 7) is 4.10. The van der Waals surface area contributed by atoms with E-state index in [1.54, 1.807) is 0 Å². The Kier molecular flexibility index (Phi) is 7.88. The first-order valence-corrected chi connectivity index (χ1v) is 13.4. The van der Waals surface area contributed by atoms with Crippen LogP contribution in [0.2, 0.25) is 0 Å². The topological polar surface area (TPSA) is 93.0 Å².